The van der Waals surface area contributed by atoms with Crippen molar-refractivity contribution in [3.8, 4) is 0 Å². The molecule has 1 aliphatic rings. The Kier molecular flexibility index (Phi) is 5.94. The molecule has 16 heavy (non-hydrogen) atoms. The molecule has 0 aromatic heterocycles. The van der Waals surface area contributed by atoms with Gasteiger partial charge in [-0.2, -0.15) is 0 Å². The first kappa shape index (κ1) is 14.1. The molecule has 0 amide bonds. The molecule has 1 aliphatic heterocycles. The SMILES string of the molecule is CCN1CCC(NC(C)CS(C)=O)CC1C. The minimum absolute atomic E-state index is 0.371. The van der Waals surface area contributed by atoms with Crippen LogP contribution in [-0.4, -0.2) is 52.3 Å². The van der Waals surface area contributed by atoms with Gasteiger partial charge in [-0.3, -0.25) is 4.21 Å². The molecule has 1 fully saturated rings. The zero-order valence-electron chi connectivity index (χ0n) is 11.0. The zero-order chi connectivity index (χ0) is 12.1. The van der Waals surface area contributed by atoms with Crippen molar-refractivity contribution in [2.24, 2.45) is 0 Å². The van der Waals surface area contributed by atoms with Crippen LogP contribution in [0.15, 0.2) is 0 Å². The van der Waals surface area contributed by atoms with Crippen LogP contribution in [0.1, 0.15) is 33.6 Å². The maximum absolute atomic E-state index is 11.1. The highest BCUT2D eigenvalue weighted by Gasteiger charge is 2.24. The van der Waals surface area contributed by atoms with Crippen LogP contribution in [-0.2, 0) is 10.8 Å². The number of nitrogens with zero attached hydrogens (tertiary/aromatic N) is 1. The monoisotopic (exact) mass is 246 g/mol. The number of rotatable bonds is 5. The van der Waals surface area contributed by atoms with E-state index >= 15 is 0 Å². The van der Waals surface area contributed by atoms with Crippen LogP contribution in [0.5, 0.6) is 0 Å². The number of piperidine rings is 1. The van der Waals surface area contributed by atoms with Gasteiger partial charge in [0.2, 0.25) is 0 Å². The molecule has 4 heteroatoms. The second-order valence-electron chi connectivity index (χ2n) is 5.01. The summed E-state index contributed by atoms with van der Waals surface area (Å²) in [5.74, 6) is 0.766. The van der Waals surface area contributed by atoms with Crippen molar-refractivity contribution in [2.45, 2.75) is 51.7 Å². The molecule has 0 aromatic carbocycles. The van der Waals surface area contributed by atoms with Crippen molar-refractivity contribution in [3.05, 3.63) is 0 Å². The fourth-order valence-corrected chi connectivity index (χ4v) is 3.44. The average molecular weight is 246 g/mol. The Morgan fingerprint density at radius 2 is 2.25 bits per heavy atom. The molecule has 3 nitrogen and oxygen atoms in total. The van der Waals surface area contributed by atoms with Crippen molar-refractivity contribution in [1.29, 1.82) is 0 Å². The third kappa shape index (κ3) is 4.52. The summed E-state index contributed by atoms with van der Waals surface area (Å²) in [4.78, 5) is 2.53. The van der Waals surface area contributed by atoms with E-state index in [0.717, 1.165) is 12.3 Å². The normalized spacial score (nSPS) is 31.2. The Hall–Kier alpha value is 0.0700. The van der Waals surface area contributed by atoms with E-state index in [1.165, 1.54) is 19.4 Å². The molecule has 0 aromatic rings. The predicted octanol–water partition coefficient (Wildman–Crippen LogP) is 1.22. The van der Waals surface area contributed by atoms with Crippen molar-refractivity contribution in [1.82, 2.24) is 10.2 Å². The van der Waals surface area contributed by atoms with E-state index in [9.17, 15) is 4.21 Å². The smallest absolute Gasteiger partial charge is 0.0383 e. The largest absolute Gasteiger partial charge is 0.310 e. The Bertz CT molecular complexity index is 235. The molecule has 4 atom stereocenters. The molecule has 1 N–H and O–H groups in total. The zero-order valence-corrected chi connectivity index (χ0v) is 11.8. The van der Waals surface area contributed by atoms with Crippen molar-refractivity contribution in [2.75, 3.05) is 25.1 Å². The second kappa shape index (κ2) is 6.72. The second-order valence-corrected chi connectivity index (χ2v) is 6.49. The van der Waals surface area contributed by atoms with E-state index in [0.29, 0.717) is 18.1 Å². The van der Waals surface area contributed by atoms with E-state index in [4.69, 9.17) is 0 Å². The predicted molar refractivity (Wildman–Crippen MR) is 71.3 cm³/mol. The van der Waals surface area contributed by atoms with Gasteiger partial charge in [0, 0.05) is 40.9 Å². The van der Waals surface area contributed by atoms with Gasteiger partial charge in [-0.1, -0.05) is 6.92 Å². The summed E-state index contributed by atoms with van der Waals surface area (Å²) in [5, 5.41) is 3.61. The Morgan fingerprint density at radius 3 is 2.75 bits per heavy atom. The van der Waals surface area contributed by atoms with Crippen LogP contribution < -0.4 is 5.32 Å². The molecule has 0 radical (unpaired) electrons. The molecule has 1 heterocycles. The van der Waals surface area contributed by atoms with Crippen LogP contribution in [0.3, 0.4) is 0 Å². The van der Waals surface area contributed by atoms with Crippen molar-refractivity contribution >= 4 is 10.8 Å². The van der Waals surface area contributed by atoms with Crippen molar-refractivity contribution < 1.29 is 4.21 Å². The van der Waals surface area contributed by atoms with E-state index in [-0.39, 0.29) is 0 Å². The molecule has 0 spiro atoms. The van der Waals surface area contributed by atoms with Gasteiger partial charge in [0.05, 0.1) is 0 Å². The van der Waals surface area contributed by atoms with Gasteiger partial charge < -0.3 is 10.2 Å². The highest BCUT2D eigenvalue weighted by molar-refractivity contribution is 7.84. The summed E-state index contributed by atoms with van der Waals surface area (Å²) >= 11 is 0. The average Bonchev–Trinajstić information content (AvgIpc) is 2.16. The number of likely N-dealkylation sites (tertiary alicyclic amines) is 1. The quantitative estimate of drug-likeness (QED) is 0.791. The lowest BCUT2D eigenvalue weighted by Crippen LogP contribution is -2.50. The van der Waals surface area contributed by atoms with Gasteiger partial charge in [-0.05, 0) is 39.8 Å². The van der Waals surface area contributed by atoms with E-state index < -0.39 is 10.8 Å². The minimum atomic E-state index is -0.690. The van der Waals surface area contributed by atoms with Crippen LogP contribution >= 0.6 is 0 Å². The summed E-state index contributed by atoms with van der Waals surface area (Å²) in [6, 6.07) is 1.66. The maximum atomic E-state index is 11.1. The summed E-state index contributed by atoms with van der Waals surface area (Å²) in [6.07, 6.45) is 4.22. The molecule has 1 saturated heterocycles. The number of hydrogen-bond donors (Lipinski definition) is 1. The lowest BCUT2D eigenvalue weighted by molar-refractivity contribution is 0.140. The highest BCUT2D eigenvalue weighted by atomic mass is 32.2. The van der Waals surface area contributed by atoms with Crippen LogP contribution in [0.2, 0.25) is 0 Å². The van der Waals surface area contributed by atoms with Gasteiger partial charge in [0.25, 0.3) is 0 Å². The topological polar surface area (TPSA) is 32.3 Å². The molecular weight excluding hydrogens is 220 g/mol. The van der Waals surface area contributed by atoms with Gasteiger partial charge in [-0.25, -0.2) is 0 Å². The maximum Gasteiger partial charge on any atom is 0.0383 e. The Labute approximate surface area is 102 Å². The fourth-order valence-electron chi connectivity index (χ4n) is 2.64. The standard InChI is InChI=1S/C12H26N2OS/c1-5-14-7-6-12(8-11(14)3)13-10(2)9-16(4)15/h10-13H,5-9H2,1-4H3. The molecule has 96 valence electrons. The molecule has 0 aliphatic carbocycles. The fraction of sp³-hybridized carbons (Fsp3) is 1.00. The van der Waals surface area contributed by atoms with Crippen LogP contribution in [0.4, 0.5) is 0 Å². The Balaban J connectivity index is 2.32. The summed E-state index contributed by atoms with van der Waals surface area (Å²) in [5.41, 5.74) is 0. The van der Waals surface area contributed by atoms with Crippen LogP contribution in [0.25, 0.3) is 0 Å². The first-order valence-electron chi connectivity index (χ1n) is 6.33. The van der Waals surface area contributed by atoms with E-state index in [1.54, 1.807) is 6.26 Å². The van der Waals surface area contributed by atoms with Crippen LogP contribution in [0, 0.1) is 0 Å². The third-order valence-electron chi connectivity index (χ3n) is 3.42. The third-order valence-corrected chi connectivity index (χ3v) is 4.39. The molecule has 0 bridgehead atoms. The van der Waals surface area contributed by atoms with Gasteiger partial charge in [0.1, 0.15) is 0 Å². The first-order chi connectivity index (χ1) is 7.52. The molecule has 0 saturated carbocycles. The summed E-state index contributed by atoms with van der Waals surface area (Å²) < 4.78 is 11.1. The lowest BCUT2D eigenvalue weighted by Gasteiger charge is -2.38. The van der Waals surface area contributed by atoms with Gasteiger partial charge in [-0.15, -0.1) is 0 Å². The van der Waals surface area contributed by atoms with Gasteiger partial charge in [0.15, 0.2) is 0 Å². The molecule has 4 unspecified atom stereocenters. The lowest BCUT2D eigenvalue weighted by atomic mass is 9.98. The number of nitrogens with one attached hydrogen (secondary N) is 1. The van der Waals surface area contributed by atoms with E-state index in [1.807, 2.05) is 0 Å². The van der Waals surface area contributed by atoms with E-state index in [2.05, 4.69) is 31.0 Å². The summed E-state index contributed by atoms with van der Waals surface area (Å²) in [6.45, 7) is 9.02. The minimum Gasteiger partial charge on any atom is -0.310 e. The summed E-state index contributed by atoms with van der Waals surface area (Å²) in [7, 11) is -0.690. The Morgan fingerprint density at radius 1 is 1.56 bits per heavy atom. The number of hydrogen-bond acceptors (Lipinski definition) is 3. The first-order valence-corrected chi connectivity index (χ1v) is 8.05. The molecule has 1 rings (SSSR count). The highest BCUT2D eigenvalue weighted by Crippen LogP contribution is 2.17. The van der Waals surface area contributed by atoms with Crippen molar-refractivity contribution in [3.63, 3.8) is 0 Å². The molecular formula is C12H26N2OS. The van der Waals surface area contributed by atoms with Gasteiger partial charge >= 0.3 is 0 Å².